The van der Waals surface area contributed by atoms with E-state index in [4.69, 9.17) is 14.2 Å². The first-order chi connectivity index (χ1) is 12.6. The van der Waals surface area contributed by atoms with E-state index in [1.807, 2.05) is 54.4 Å². The lowest BCUT2D eigenvalue weighted by atomic mass is 10.2. The van der Waals surface area contributed by atoms with Gasteiger partial charge in [0.1, 0.15) is 17.2 Å². The zero-order valence-corrected chi connectivity index (χ0v) is 18.8. The molecule has 1 N–H and O–H groups in total. The zero-order chi connectivity index (χ0) is 18.9. The minimum absolute atomic E-state index is 0. The molecule has 0 radical (unpaired) electrons. The van der Waals surface area contributed by atoms with Crippen LogP contribution in [0.3, 0.4) is 0 Å². The number of benzene rings is 2. The van der Waals surface area contributed by atoms with Gasteiger partial charge in [-0.3, -0.25) is 4.99 Å². The highest BCUT2D eigenvalue weighted by molar-refractivity contribution is 14.0. The Balaban J connectivity index is 0.00000364. The van der Waals surface area contributed by atoms with E-state index in [0.717, 1.165) is 34.3 Å². The molecule has 0 saturated heterocycles. The average molecular weight is 485 g/mol. The van der Waals surface area contributed by atoms with Gasteiger partial charge >= 0.3 is 0 Å². The number of rotatable bonds is 7. The van der Waals surface area contributed by atoms with Gasteiger partial charge in [-0.25, -0.2) is 0 Å². The van der Waals surface area contributed by atoms with Gasteiger partial charge in [0.15, 0.2) is 5.96 Å². The van der Waals surface area contributed by atoms with Crippen LogP contribution < -0.4 is 19.5 Å². The van der Waals surface area contributed by atoms with Crippen LogP contribution >= 0.6 is 24.0 Å². The van der Waals surface area contributed by atoms with Crippen molar-refractivity contribution in [2.45, 2.75) is 13.1 Å². The molecule has 27 heavy (non-hydrogen) atoms. The van der Waals surface area contributed by atoms with Crippen LogP contribution in [0.1, 0.15) is 11.1 Å². The summed E-state index contributed by atoms with van der Waals surface area (Å²) in [4.78, 5) is 6.41. The lowest BCUT2D eigenvalue weighted by Crippen LogP contribution is -2.38. The quantitative estimate of drug-likeness (QED) is 0.370. The van der Waals surface area contributed by atoms with Crippen molar-refractivity contribution in [1.82, 2.24) is 10.2 Å². The minimum atomic E-state index is 0. The summed E-state index contributed by atoms with van der Waals surface area (Å²) in [6, 6.07) is 13.7. The Kier molecular flexibility index (Phi) is 9.77. The van der Waals surface area contributed by atoms with Gasteiger partial charge in [0.05, 0.1) is 21.3 Å². The standard InChI is InChI=1S/C20H27N3O3.HI/c1-21-20(22-13-15-8-6-7-9-18(15)25-4)23(2)14-16-10-11-17(24-3)12-19(16)26-5;/h6-12H,13-14H2,1-5H3,(H,21,22);1H. The number of nitrogens with one attached hydrogen (secondary N) is 1. The van der Waals surface area contributed by atoms with E-state index in [9.17, 15) is 0 Å². The smallest absolute Gasteiger partial charge is 0.193 e. The fraction of sp³-hybridized carbons (Fsp3) is 0.350. The molecule has 2 aromatic carbocycles. The third-order valence-electron chi connectivity index (χ3n) is 4.10. The Morgan fingerprint density at radius 2 is 1.67 bits per heavy atom. The molecule has 0 bridgehead atoms. The van der Waals surface area contributed by atoms with Crippen LogP contribution in [0.4, 0.5) is 0 Å². The Labute approximate surface area is 178 Å². The van der Waals surface area contributed by atoms with E-state index in [-0.39, 0.29) is 24.0 Å². The first kappa shape index (κ1) is 22.9. The van der Waals surface area contributed by atoms with Gasteiger partial charge in [-0.1, -0.05) is 18.2 Å². The maximum absolute atomic E-state index is 5.48. The molecule has 148 valence electrons. The van der Waals surface area contributed by atoms with Crippen molar-refractivity contribution >= 4 is 29.9 Å². The van der Waals surface area contributed by atoms with Crippen LogP contribution in [0, 0.1) is 0 Å². The van der Waals surface area contributed by atoms with Gasteiger partial charge in [-0.2, -0.15) is 0 Å². The predicted octanol–water partition coefficient (Wildman–Crippen LogP) is 3.54. The molecule has 0 fully saturated rings. The summed E-state index contributed by atoms with van der Waals surface area (Å²) in [6.45, 7) is 1.28. The highest BCUT2D eigenvalue weighted by Gasteiger charge is 2.12. The van der Waals surface area contributed by atoms with Crippen molar-refractivity contribution in [2.24, 2.45) is 4.99 Å². The molecule has 0 aliphatic heterocycles. The number of methoxy groups -OCH3 is 3. The number of nitrogens with zero attached hydrogens (tertiary/aromatic N) is 2. The molecule has 0 aliphatic rings. The molecule has 0 amide bonds. The molecule has 2 aromatic rings. The fourth-order valence-corrected chi connectivity index (χ4v) is 2.72. The van der Waals surface area contributed by atoms with E-state index in [1.165, 1.54) is 0 Å². The molecule has 0 saturated carbocycles. The Hall–Kier alpha value is -2.16. The second-order valence-corrected chi connectivity index (χ2v) is 5.75. The van der Waals surface area contributed by atoms with Gasteiger partial charge < -0.3 is 24.4 Å². The van der Waals surface area contributed by atoms with Crippen LogP contribution in [-0.2, 0) is 13.1 Å². The lowest BCUT2D eigenvalue weighted by Gasteiger charge is -2.23. The van der Waals surface area contributed by atoms with Crippen LogP contribution in [0.2, 0.25) is 0 Å². The van der Waals surface area contributed by atoms with Gasteiger partial charge in [0.2, 0.25) is 0 Å². The van der Waals surface area contributed by atoms with Crippen molar-refractivity contribution in [3.63, 3.8) is 0 Å². The van der Waals surface area contributed by atoms with Crippen LogP contribution in [0.25, 0.3) is 0 Å². The number of hydrogen-bond acceptors (Lipinski definition) is 4. The van der Waals surface area contributed by atoms with Crippen LogP contribution in [0.5, 0.6) is 17.2 Å². The normalized spacial score (nSPS) is 10.6. The summed E-state index contributed by atoms with van der Waals surface area (Å²) in [7, 11) is 8.74. The molecular weight excluding hydrogens is 457 g/mol. The van der Waals surface area contributed by atoms with Gasteiger partial charge in [-0.05, 0) is 18.2 Å². The summed E-state index contributed by atoms with van der Waals surface area (Å²) in [5.41, 5.74) is 2.13. The number of para-hydroxylation sites is 1. The third kappa shape index (κ3) is 6.20. The van der Waals surface area contributed by atoms with Gasteiger partial charge in [0.25, 0.3) is 0 Å². The zero-order valence-electron chi connectivity index (χ0n) is 16.5. The first-order valence-electron chi connectivity index (χ1n) is 8.37. The SMILES string of the molecule is CN=C(NCc1ccccc1OC)N(C)Cc1ccc(OC)cc1OC.I. The molecule has 7 heteroatoms. The number of halogens is 1. The largest absolute Gasteiger partial charge is 0.497 e. The minimum Gasteiger partial charge on any atom is -0.497 e. The highest BCUT2D eigenvalue weighted by atomic mass is 127. The van der Waals surface area contributed by atoms with Gasteiger partial charge in [0, 0.05) is 44.4 Å². The van der Waals surface area contributed by atoms with E-state index < -0.39 is 0 Å². The van der Waals surface area contributed by atoms with E-state index in [0.29, 0.717) is 13.1 Å². The number of hydrogen-bond donors (Lipinski definition) is 1. The summed E-state index contributed by atoms with van der Waals surface area (Å²) in [5, 5.41) is 3.37. The Morgan fingerprint density at radius 3 is 2.30 bits per heavy atom. The molecule has 0 aromatic heterocycles. The summed E-state index contributed by atoms with van der Waals surface area (Å²) in [6.07, 6.45) is 0. The van der Waals surface area contributed by atoms with Crippen molar-refractivity contribution in [3.05, 3.63) is 53.6 Å². The second kappa shape index (κ2) is 11.5. The Bertz CT molecular complexity index is 753. The van der Waals surface area contributed by atoms with Gasteiger partial charge in [-0.15, -0.1) is 24.0 Å². The third-order valence-corrected chi connectivity index (χ3v) is 4.10. The van der Waals surface area contributed by atoms with Crippen LogP contribution in [0.15, 0.2) is 47.5 Å². The van der Waals surface area contributed by atoms with E-state index >= 15 is 0 Å². The predicted molar refractivity (Wildman–Crippen MR) is 120 cm³/mol. The first-order valence-corrected chi connectivity index (χ1v) is 8.37. The van der Waals surface area contributed by atoms with Crippen molar-refractivity contribution < 1.29 is 14.2 Å². The molecule has 6 nitrogen and oxygen atoms in total. The molecule has 0 atom stereocenters. The second-order valence-electron chi connectivity index (χ2n) is 5.75. The average Bonchev–Trinajstić information content (AvgIpc) is 2.69. The van der Waals surface area contributed by atoms with Crippen molar-refractivity contribution in [3.8, 4) is 17.2 Å². The van der Waals surface area contributed by atoms with Crippen LogP contribution in [-0.4, -0.2) is 46.3 Å². The molecule has 0 spiro atoms. The molecular formula is C20H28IN3O3. The summed E-state index contributed by atoms with van der Waals surface area (Å²) >= 11 is 0. The van der Waals surface area contributed by atoms with E-state index in [2.05, 4.69) is 10.3 Å². The lowest BCUT2D eigenvalue weighted by molar-refractivity contribution is 0.382. The number of aliphatic imine (C=N–C) groups is 1. The maximum Gasteiger partial charge on any atom is 0.193 e. The highest BCUT2D eigenvalue weighted by Crippen LogP contribution is 2.25. The Morgan fingerprint density at radius 1 is 0.963 bits per heavy atom. The van der Waals surface area contributed by atoms with Crippen molar-refractivity contribution in [1.29, 1.82) is 0 Å². The monoisotopic (exact) mass is 485 g/mol. The maximum atomic E-state index is 5.48. The molecule has 2 rings (SSSR count). The number of ether oxygens (including phenoxy) is 3. The van der Waals surface area contributed by atoms with E-state index in [1.54, 1.807) is 28.4 Å². The summed E-state index contributed by atoms with van der Waals surface area (Å²) in [5.74, 6) is 3.20. The number of guanidine groups is 1. The molecule has 0 unspecified atom stereocenters. The topological polar surface area (TPSA) is 55.3 Å². The fourth-order valence-electron chi connectivity index (χ4n) is 2.72. The summed E-state index contributed by atoms with van der Waals surface area (Å²) < 4.78 is 16.1. The molecule has 0 heterocycles. The van der Waals surface area contributed by atoms with Crippen molar-refractivity contribution in [2.75, 3.05) is 35.4 Å². The molecule has 0 aliphatic carbocycles.